The topological polar surface area (TPSA) is 50.2 Å². The fourth-order valence-corrected chi connectivity index (χ4v) is 3.88. The number of rotatable bonds is 4. The molecule has 3 aromatic rings. The maximum Gasteiger partial charge on any atom is 0.164 e. The van der Waals surface area contributed by atoms with Crippen molar-refractivity contribution in [3.8, 4) is 11.3 Å². The van der Waals surface area contributed by atoms with Gasteiger partial charge in [-0.3, -0.25) is 9.78 Å². The van der Waals surface area contributed by atoms with Gasteiger partial charge in [-0.05, 0) is 36.6 Å². The number of aliphatic hydroxyl groups is 1. The van der Waals surface area contributed by atoms with E-state index in [1.165, 1.54) is 39.3 Å². The number of aryl methyl sites for hydroxylation is 3. The Bertz CT molecular complexity index is 1280. The van der Waals surface area contributed by atoms with E-state index >= 15 is 0 Å². The van der Waals surface area contributed by atoms with Gasteiger partial charge < -0.3 is 5.11 Å². The van der Waals surface area contributed by atoms with Gasteiger partial charge in [-0.25, -0.2) is 0 Å². The SMILES string of the molecule is CC(C)(C)C(=O)/C=C(\O)C(C)(C)C.CCC(C)c1cccc2nc(-c3[c-]c(C)c(C)c(C)c3)c(C)cc12.[Ir]. The monoisotopic (exact) mass is 693 g/mol. The molecule has 3 nitrogen and oxygen atoms in total. The van der Waals surface area contributed by atoms with Gasteiger partial charge in [0, 0.05) is 42.4 Å². The number of aromatic nitrogens is 1. The molecule has 0 aliphatic carbocycles. The Balaban J connectivity index is 0.000000444. The van der Waals surface area contributed by atoms with Crippen LogP contribution in [0.3, 0.4) is 0 Å². The first kappa shape index (κ1) is 33.7. The summed E-state index contributed by atoms with van der Waals surface area (Å²) in [5.74, 6) is 0.656. The molecule has 0 saturated heterocycles. The summed E-state index contributed by atoms with van der Waals surface area (Å²) < 4.78 is 0. The van der Waals surface area contributed by atoms with E-state index < -0.39 is 5.41 Å². The second-order valence-electron chi connectivity index (χ2n) is 12.4. The Labute approximate surface area is 244 Å². The minimum atomic E-state index is -0.417. The third-order valence-corrected chi connectivity index (χ3v) is 7.09. The fourth-order valence-electron chi connectivity index (χ4n) is 3.88. The second kappa shape index (κ2) is 13.2. The van der Waals surface area contributed by atoms with Gasteiger partial charge in [-0.1, -0.05) is 99.9 Å². The average Bonchev–Trinajstić information content (AvgIpc) is 2.80. The molecule has 0 aliphatic rings. The molecular weight excluding hydrogens is 647 g/mol. The van der Waals surface area contributed by atoms with E-state index in [0.29, 0.717) is 5.92 Å². The van der Waals surface area contributed by atoms with Crippen molar-refractivity contribution < 1.29 is 30.0 Å². The zero-order valence-corrected chi connectivity index (χ0v) is 27.8. The Morgan fingerprint density at radius 1 is 1.00 bits per heavy atom. The number of allylic oxidation sites excluding steroid dienone is 2. The number of fused-ring (bicyclic) bond motifs is 1. The molecule has 1 heterocycles. The molecule has 1 atom stereocenters. The molecule has 2 aromatic carbocycles. The molecule has 38 heavy (non-hydrogen) atoms. The number of pyridine rings is 1. The Morgan fingerprint density at radius 2 is 1.61 bits per heavy atom. The number of hydrogen-bond donors (Lipinski definition) is 1. The van der Waals surface area contributed by atoms with Gasteiger partial charge >= 0.3 is 0 Å². The van der Waals surface area contributed by atoms with Crippen LogP contribution in [0.25, 0.3) is 22.2 Å². The van der Waals surface area contributed by atoms with Crippen molar-refractivity contribution in [2.24, 2.45) is 10.8 Å². The van der Waals surface area contributed by atoms with Crippen molar-refractivity contribution in [3.63, 3.8) is 0 Å². The predicted molar refractivity (Wildman–Crippen MR) is 158 cm³/mol. The minimum absolute atomic E-state index is 0. The number of hydrogen-bond acceptors (Lipinski definition) is 3. The molecule has 4 heteroatoms. The zero-order chi connectivity index (χ0) is 28.3. The molecule has 0 fully saturated rings. The normalized spacial score (nSPS) is 12.9. The van der Waals surface area contributed by atoms with Gasteiger partial charge in [-0.2, -0.15) is 0 Å². The fraction of sp³-hybridized carbons (Fsp3) is 0.471. The van der Waals surface area contributed by atoms with Crippen molar-refractivity contribution in [1.82, 2.24) is 4.98 Å². The molecule has 0 aliphatic heterocycles. The van der Waals surface area contributed by atoms with Gasteiger partial charge in [0.1, 0.15) is 5.76 Å². The summed E-state index contributed by atoms with van der Waals surface area (Å²) in [6.07, 6.45) is 2.48. The van der Waals surface area contributed by atoms with Crippen molar-refractivity contribution in [3.05, 3.63) is 76.1 Å². The van der Waals surface area contributed by atoms with E-state index in [-0.39, 0.29) is 37.1 Å². The molecule has 1 radical (unpaired) electrons. The van der Waals surface area contributed by atoms with E-state index in [1.54, 1.807) is 0 Å². The summed E-state index contributed by atoms with van der Waals surface area (Å²) in [4.78, 5) is 16.5. The Hall–Kier alpha value is -2.29. The van der Waals surface area contributed by atoms with E-state index in [4.69, 9.17) is 4.98 Å². The molecule has 209 valence electrons. The van der Waals surface area contributed by atoms with Crippen LogP contribution >= 0.6 is 0 Å². The largest absolute Gasteiger partial charge is 0.512 e. The van der Waals surface area contributed by atoms with E-state index in [2.05, 4.69) is 77.9 Å². The van der Waals surface area contributed by atoms with Crippen LogP contribution in [0.1, 0.15) is 95.5 Å². The van der Waals surface area contributed by atoms with Gasteiger partial charge in [0.15, 0.2) is 5.78 Å². The van der Waals surface area contributed by atoms with E-state index in [1.807, 2.05) is 41.5 Å². The standard InChI is InChI=1S/C23H26N.C11H20O2.Ir/c1-7-14(2)20-9-8-10-22-21(20)13-17(5)23(24-22)19-11-15(3)18(6)16(4)12-19;1-10(2,3)8(12)7-9(13)11(4,5)6;/h8-11,13-14H,7H2,1-6H3;7,12H,1-6H3;/q-1;;/b;8-7-;. The van der Waals surface area contributed by atoms with Crippen molar-refractivity contribution >= 4 is 16.7 Å². The van der Waals surface area contributed by atoms with Crippen LogP contribution in [0.5, 0.6) is 0 Å². The molecule has 0 amide bonds. The van der Waals surface area contributed by atoms with E-state index in [9.17, 15) is 9.90 Å². The second-order valence-corrected chi connectivity index (χ2v) is 12.4. The first-order valence-electron chi connectivity index (χ1n) is 13.3. The number of carbonyl (C=O) groups is 1. The molecular formula is C34H46IrNO2-. The third kappa shape index (κ3) is 8.35. The summed E-state index contributed by atoms with van der Waals surface area (Å²) >= 11 is 0. The summed E-state index contributed by atoms with van der Waals surface area (Å²) in [6, 6.07) is 14.5. The first-order valence-corrected chi connectivity index (χ1v) is 13.3. The summed E-state index contributed by atoms with van der Waals surface area (Å²) in [5, 5.41) is 10.8. The minimum Gasteiger partial charge on any atom is -0.512 e. The smallest absolute Gasteiger partial charge is 0.164 e. The van der Waals surface area contributed by atoms with Gasteiger partial charge in [0.2, 0.25) is 0 Å². The average molecular weight is 693 g/mol. The van der Waals surface area contributed by atoms with Gasteiger partial charge in [0.25, 0.3) is 0 Å². The van der Waals surface area contributed by atoms with Crippen LogP contribution in [-0.4, -0.2) is 15.9 Å². The number of benzene rings is 2. The molecule has 1 aromatic heterocycles. The number of carbonyl (C=O) groups excluding carboxylic acids is 1. The molecule has 0 spiro atoms. The van der Waals surface area contributed by atoms with Crippen LogP contribution in [0.2, 0.25) is 0 Å². The van der Waals surface area contributed by atoms with Crippen molar-refractivity contribution in [2.75, 3.05) is 0 Å². The third-order valence-electron chi connectivity index (χ3n) is 7.09. The van der Waals surface area contributed by atoms with Crippen LogP contribution in [0.15, 0.2) is 42.2 Å². The van der Waals surface area contributed by atoms with Gasteiger partial charge in [-0.15, -0.1) is 34.4 Å². The maximum absolute atomic E-state index is 11.5. The number of aliphatic hydroxyl groups excluding tert-OH is 1. The van der Waals surface area contributed by atoms with Crippen molar-refractivity contribution in [1.29, 1.82) is 0 Å². The zero-order valence-electron chi connectivity index (χ0n) is 25.4. The Kier molecular flexibility index (Phi) is 11.7. The van der Waals surface area contributed by atoms with Crippen molar-refractivity contribution in [2.45, 2.75) is 95.4 Å². The van der Waals surface area contributed by atoms with Crippen LogP contribution < -0.4 is 0 Å². The summed E-state index contributed by atoms with van der Waals surface area (Å²) in [7, 11) is 0. The van der Waals surface area contributed by atoms with Crippen LogP contribution in [0, 0.1) is 44.6 Å². The van der Waals surface area contributed by atoms with Crippen LogP contribution in [-0.2, 0) is 24.9 Å². The number of nitrogens with zero attached hydrogens (tertiary/aromatic N) is 1. The maximum atomic E-state index is 11.5. The summed E-state index contributed by atoms with van der Waals surface area (Å²) in [5.41, 5.74) is 8.91. The predicted octanol–water partition coefficient (Wildman–Crippen LogP) is 9.54. The molecule has 1 N–H and O–H groups in total. The molecule has 3 rings (SSSR count). The Morgan fingerprint density at radius 3 is 2.11 bits per heavy atom. The summed E-state index contributed by atoms with van der Waals surface area (Å²) in [6.45, 7) is 24.3. The van der Waals surface area contributed by atoms with Crippen LogP contribution in [0.4, 0.5) is 0 Å². The van der Waals surface area contributed by atoms with E-state index in [0.717, 1.165) is 23.2 Å². The first-order chi connectivity index (χ1) is 17.0. The quantitative estimate of drug-likeness (QED) is 0.168. The molecule has 1 unspecified atom stereocenters. The van der Waals surface area contributed by atoms with Gasteiger partial charge in [0.05, 0.1) is 5.52 Å². The molecule has 0 bridgehead atoms. The number of ketones is 1. The molecule has 0 saturated carbocycles.